The van der Waals surface area contributed by atoms with Crippen molar-refractivity contribution in [2.75, 3.05) is 6.61 Å². The molecule has 1 heterocycles. The summed E-state index contributed by atoms with van der Waals surface area (Å²) >= 11 is 0. The maximum Gasteiger partial charge on any atom is 0.303 e. The van der Waals surface area contributed by atoms with E-state index in [9.17, 15) is 29.7 Å². The maximum atomic E-state index is 11.8. The zero-order valence-electron chi connectivity index (χ0n) is 20.8. The molecule has 1 saturated heterocycles. The number of benzene rings is 2. The lowest BCUT2D eigenvalue weighted by atomic mass is 9.68. The third kappa shape index (κ3) is 6.85. The first-order chi connectivity index (χ1) is 17.1. The second kappa shape index (κ2) is 12.0. The van der Waals surface area contributed by atoms with E-state index in [1.165, 1.54) is 0 Å². The molecule has 8 nitrogen and oxygen atoms in total. The Bertz CT molecular complexity index is 1080. The number of carboxylic acid groups (broad SMARTS) is 3. The summed E-state index contributed by atoms with van der Waals surface area (Å²) in [6.45, 7) is 6.26. The number of carboxylic acids is 3. The van der Waals surface area contributed by atoms with E-state index < -0.39 is 47.9 Å². The third-order valence-corrected chi connectivity index (χ3v) is 7.01. The summed E-state index contributed by atoms with van der Waals surface area (Å²) in [5, 5.41) is 28.6. The first kappa shape index (κ1) is 27.2. The molecule has 0 spiro atoms. The summed E-state index contributed by atoms with van der Waals surface area (Å²) in [4.78, 5) is 35.0. The van der Waals surface area contributed by atoms with E-state index in [0.717, 1.165) is 28.0 Å². The molecule has 0 radical (unpaired) electrons. The van der Waals surface area contributed by atoms with Gasteiger partial charge in [-0.15, -0.1) is 0 Å². The van der Waals surface area contributed by atoms with Gasteiger partial charge in [0.15, 0.2) is 0 Å². The van der Waals surface area contributed by atoms with E-state index in [2.05, 4.69) is 0 Å². The monoisotopic (exact) mass is 498 g/mol. The first-order valence-corrected chi connectivity index (χ1v) is 12.2. The van der Waals surface area contributed by atoms with Crippen molar-refractivity contribution in [2.24, 2.45) is 17.8 Å². The van der Waals surface area contributed by atoms with Crippen LogP contribution in [0.5, 0.6) is 5.75 Å². The number of carbonyl (C=O) groups is 3. The highest BCUT2D eigenvalue weighted by Gasteiger charge is 2.46. The molecule has 8 heteroatoms. The van der Waals surface area contributed by atoms with Crippen LogP contribution in [0, 0.1) is 24.7 Å². The van der Waals surface area contributed by atoms with Crippen LogP contribution in [0.2, 0.25) is 0 Å². The highest BCUT2D eigenvalue weighted by molar-refractivity contribution is 5.70. The van der Waals surface area contributed by atoms with E-state index in [-0.39, 0.29) is 19.3 Å². The van der Waals surface area contributed by atoms with Crippen LogP contribution in [0.4, 0.5) is 0 Å². The number of hydrogen-bond donors (Lipinski definition) is 3. The number of ether oxygens (including phenoxy) is 2. The predicted octanol–water partition coefficient (Wildman–Crippen LogP) is 4.72. The maximum absolute atomic E-state index is 11.8. The Morgan fingerprint density at radius 1 is 0.861 bits per heavy atom. The van der Waals surface area contributed by atoms with E-state index in [4.69, 9.17) is 9.47 Å². The standard InChI is InChI=1S/C28H34O8/c1-4-35-21-9-6-18(7-10-21)11-20-12-19(8-5-16(20)2)28-24(15-27(33)34)23(14-26(31)32)22(13-25(29)30)17(3)36-28/h5-10,12,17,22-24,28H,4,11,13-15H2,1-3H3,(H,29,30)(H,31,32)(H,33,34)/t17-,22+,23+,24+,28-/m1/s1. The van der Waals surface area contributed by atoms with Crippen LogP contribution in [-0.4, -0.2) is 45.9 Å². The molecular weight excluding hydrogens is 464 g/mol. The van der Waals surface area contributed by atoms with Gasteiger partial charge in [0.1, 0.15) is 5.75 Å². The Kier molecular flexibility index (Phi) is 9.09. The fourth-order valence-electron chi connectivity index (χ4n) is 5.28. The van der Waals surface area contributed by atoms with Crippen molar-refractivity contribution >= 4 is 17.9 Å². The molecule has 5 atom stereocenters. The molecule has 0 aromatic heterocycles. The highest BCUT2D eigenvalue weighted by Crippen LogP contribution is 2.47. The van der Waals surface area contributed by atoms with Crippen molar-refractivity contribution in [3.63, 3.8) is 0 Å². The van der Waals surface area contributed by atoms with Crippen LogP contribution in [0.1, 0.15) is 61.5 Å². The Morgan fingerprint density at radius 2 is 1.44 bits per heavy atom. The van der Waals surface area contributed by atoms with Crippen LogP contribution in [0.15, 0.2) is 42.5 Å². The molecule has 1 fully saturated rings. The van der Waals surface area contributed by atoms with Crippen LogP contribution >= 0.6 is 0 Å². The Labute approximate surface area is 210 Å². The molecule has 3 N–H and O–H groups in total. The normalized spacial score (nSPS) is 23.7. The van der Waals surface area contributed by atoms with Gasteiger partial charge in [-0.05, 0) is 73.4 Å². The fraction of sp³-hybridized carbons (Fsp3) is 0.464. The zero-order chi connectivity index (χ0) is 26.4. The lowest BCUT2D eigenvalue weighted by Crippen LogP contribution is -2.45. The first-order valence-electron chi connectivity index (χ1n) is 12.2. The lowest BCUT2D eigenvalue weighted by Gasteiger charge is -2.45. The third-order valence-electron chi connectivity index (χ3n) is 7.01. The largest absolute Gasteiger partial charge is 0.494 e. The van der Waals surface area contributed by atoms with Crippen molar-refractivity contribution in [2.45, 2.75) is 58.7 Å². The van der Waals surface area contributed by atoms with E-state index in [0.29, 0.717) is 13.0 Å². The van der Waals surface area contributed by atoms with E-state index in [1.807, 2.05) is 56.3 Å². The van der Waals surface area contributed by atoms with Gasteiger partial charge in [-0.1, -0.05) is 30.3 Å². The summed E-state index contributed by atoms with van der Waals surface area (Å²) in [6, 6.07) is 13.7. The number of aryl methyl sites for hydroxylation is 1. The molecular formula is C28H34O8. The average molecular weight is 499 g/mol. The quantitative estimate of drug-likeness (QED) is 0.406. The minimum absolute atomic E-state index is 0.279. The summed E-state index contributed by atoms with van der Waals surface area (Å²) < 4.78 is 11.8. The van der Waals surface area contributed by atoms with Gasteiger partial charge in [0.2, 0.25) is 0 Å². The van der Waals surface area contributed by atoms with Crippen molar-refractivity contribution in [1.29, 1.82) is 0 Å². The highest BCUT2D eigenvalue weighted by atomic mass is 16.5. The van der Waals surface area contributed by atoms with Gasteiger partial charge in [0, 0.05) is 12.3 Å². The van der Waals surface area contributed by atoms with E-state index >= 15 is 0 Å². The van der Waals surface area contributed by atoms with Gasteiger partial charge in [-0.3, -0.25) is 14.4 Å². The number of rotatable bonds is 11. The minimum Gasteiger partial charge on any atom is -0.494 e. The summed E-state index contributed by atoms with van der Waals surface area (Å²) in [5.74, 6) is -4.36. The molecule has 194 valence electrons. The van der Waals surface area contributed by atoms with Crippen LogP contribution in [0.25, 0.3) is 0 Å². The summed E-state index contributed by atoms with van der Waals surface area (Å²) in [7, 11) is 0. The molecule has 0 unspecified atom stereocenters. The molecule has 2 aromatic carbocycles. The zero-order valence-corrected chi connectivity index (χ0v) is 20.8. The molecule has 0 amide bonds. The van der Waals surface area contributed by atoms with Crippen molar-refractivity contribution in [3.8, 4) is 5.75 Å². The lowest BCUT2D eigenvalue weighted by molar-refractivity contribution is -0.172. The van der Waals surface area contributed by atoms with Crippen LogP contribution in [-0.2, 0) is 25.5 Å². The topological polar surface area (TPSA) is 130 Å². The molecule has 36 heavy (non-hydrogen) atoms. The van der Waals surface area contributed by atoms with Gasteiger partial charge < -0.3 is 24.8 Å². The SMILES string of the molecule is CCOc1ccc(Cc2cc([C@H]3O[C@H](C)[C@H](CC(=O)O)[C@H](CC(=O)O)[C@@H]3CC(=O)O)ccc2C)cc1. The Hall–Kier alpha value is -3.39. The average Bonchev–Trinajstić information content (AvgIpc) is 2.80. The molecule has 0 bridgehead atoms. The van der Waals surface area contributed by atoms with Gasteiger partial charge in [0.05, 0.1) is 31.7 Å². The smallest absolute Gasteiger partial charge is 0.303 e. The molecule has 0 saturated carbocycles. The van der Waals surface area contributed by atoms with Crippen molar-refractivity contribution in [1.82, 2.24) is 0 Å². The van der Waals surface area contributed by atoms with Gasteiger partial charge in [0.25, 0.3) is 0 Å². The fourth-order valence-corrected chi connectivity index (χ4v) is 5.28. The van der Waals surface area contributed by atoms with E-state index in [1.54, 1.807) is 6.92 Å². The Balaban J connectivity index is 1.96. The Morgan fingerprint density at radius 3 is 2.03 bits per heavy atom. The second-order valence-corrected chi connectivity index (χ2v) is 9.49. The number of aliphatic carboxylic acids is 3. The molecule has 1 aliphatic rings. The second-order valence-electron chi connectivity index (χ2n) is 9.49. The molecule has 1 aliphatic heterocycles. The molecule has 0 aliphatic carbocycles. The van der Waals surface area contributed by atoms with Gasteiger partial charge in [-0.2, -0.15) is 0 Å². The summed E-state index contributed by atoms with van der Waals surface area (Å²) in [6.07, 6.45) is -1.46. The van der Waals surface area contributed by atoms with Crippen LogP contribution in [0.3, 0.4) is 0 Å². The minimum atomic E-state index is -1.08. The summed E-state index contributed by atoms with van der Waals surface area (Å²) in [5.41, 5.74) is 3.97. The number of hydrogen-bond acceptors (Lipinski definition) is 5. The van der Waals surface area contributed by atoms with Gasteiger partial charge in [-0.25, -0.2) is 0 Å². The predicted molar refractivity (Wildman–Crippen MR) is 132 cm³/mol. The molecule has 2 aromatic rings. The van der Waals surface area contributed by atoms with Crippen molar-refractivity contribution < 1.29 is 39.2 Å². The van der Waals surface area contributed by atoms with Gasteiger partial charge >= 0.3 is 17.9 Å². The van der Waals surface area contributed by atoms with Crippen LogP contribution < -0.4 is 4.74 Å². The molecule has 3 rings (SSSR count). The van der Waals surface area contributed by atoms with Crippen molar-refractivity contribution in [3.05, 3.63) is 64.7 Å².